The molecule has 0 radical (unpaired) electrons. The number of carbonyl (C=O) groups excluding carboxylic acids is 1. The first-order valence-corrected chi connectivity index (χ1v) is 9.09. The van der Waals surface area contributed by atoms with Gasteiger partial charge in [0.25, 0.3) is 5.91 Å². The standard InChI is InChI=1S/C20H25N3O2/c1-20(2)10-11-22(13-15-8-9-15)19(24)18-12-16(21-23(18)20)14-25-17-6-4-3-5-7-17/h3-7,12,15H,8-11,13-14H2,1-2H3. The van der Waals surface area contributed by atoms with Crippen molar-refractivity contribution in [3.8, 4) is 5.75 Å². The maximum atomic E-state index is 13.0. The fourth-order valence-electron chi connectivity index (χ4n) is 3.35. The molecule has 5 nitrogen and oxygen atoms in total. The van der Waals surface area contributed by atoms with E-state index in [0.717, 1.165) is 31.0 Å². The number of fused-ring (bicyclic) bond motifs is 1. The van der Waals surface area contributed by atoms with Gasteiger partial charge in [-0.3, -0.25) is 9.48 Å². The molecule has 0 saturated heterocycles. The third-order valence-electron chi connectivity index (χ3n) is 5.14. The molecule has 5 heteroatoms. The Balaban J connectivity index is 1.56. The summed E-state index contributed by atoms with van der Waals surface area (Å²) in [7, 11) is 0. The van der Waals surface area contributed by atoms with Crippen LogP contribution in [0.3, 0.4) is 0 Å². The van der Waals surface area contributed by atoms with Crippen LogP contribution in [0.2, 0.25) is 0 Å². The Bertz CT molecular complexity index is 763. The van der Waals surface area contributed by atoms with Gasteiger partial charge >= 0.3 is 0 Å². The van der Waals surface area contributed by atoms with E-state index in [4.69, 9.17) is 9.84 Å². The van der Waals surface area contributed by atoms with Gasteiger partial charge in [-0.2, -0.15) is 5.10 Å². The SMILES string of the molecule is CC1(C)CCN(CC2CC2)C(=O)c2cc(COc3ccccc3)nn21. The van der Waals surface area contributed by atoms with Crippen LogP contribution in [0.15, 0.2) is 36.4 Å². The minimum absolute atomic E-state index is 0.107. The Morgan fingerprint density at radius 3 is 2.72 bits per heavy atom. The zero-order chi connectivity index (χ0) is 17.4. The predicted octanol–water partition coefficient (Wildman–Crippen LogP) is 3.45. The van der Waals surface area contributed by atoms with Gasteiger partial charge in [0.1, 0.15) is 23.7 Å². The van der Waals surface area contributed by atoms with Crippen LogP contribution in [0, 0.1) is 5.92 Å². The topological polar surface area (TPSA) is 47.4 Å². The molecule has 0 unspecified atom stereocenters. The van der Waals surface area contributed by atoms with Crippen LogP contribution in [0.5, 0.6) is 5.75 Å². The van der Waals surface area contributed by atoms with Gasteiger partial charge in [-0.25, -0.2) is 0 Å². The highest BCUT2D eigenvalue weighted by Gasteiger charge is 2.36. The molecule has 1 aliphatic heterocycles. The number of hydrogen-bond acceptors (Lipinski definition) is 3. The number of para-hydroxylation sites is 1. The number of benzene rings is 1. The first-order valence-electron chi connectivity index (χ1n) is 9.09. The summed E-state index contributed by atoms with van der Waals surface area (Å²) in [5.74, 6) is 1.62. The lowest BCUT2D eigenvalue weighted by molar-refractivity contribution is 0.0748. The average Bonchev–Trinajstić information content (AvgIpc) is 3.33. The summed E-state index contributed by atoms with van der Waals surface area (Å²) in [6.45, 7) is 6.37. The fraction of sp³-hybridized carbons (Fsp3) is 0.500. The Morgan fingerprint density at radius 2 is 2.00 bits per heavy atom. The lowest BCUT2D eigenvalue weighted by Gasteiger charge is -2.25. The normalized spacial score (nSPS) is 19.4. The second kappa shape index (κ2) is 6.21. The molecular formula is C20H25N3O2. The summed E-state index contributed by atoms with van der Waals surface area (Å²) in [6, 6.07) is 11.6. The van der Waals surface area contributed by atoms with Crippen molar-refractivity contribution in [3.05, 3.63) is 47.8 Å². The second-order valence-corrected chi connectivity index (χ2v) is 7.79. The molecular weight excluding hydrogens is 314 g/mol. The van der Waals surface area contributed by atoms with E-state index in [1.165, 1.54) is 12.8 Å². The molecule has 25 heavy (non-hydrogen) atoms. The maximum absolute atomic E-state index is 13.0. The zero-order valence-electron chi connectivity index (χ0n) is 14.9. The van der Waals surface area contributed by atoms with E-state index < -0.39 is 0 Å². The predicted molar refractivity (Wildman–Crippen MR) is 95.6 cm³/mol. The molecule has 2 aliphatic rings. The van der Waals surface area contributed by atoms with Gasteiger partial charge in [0, 0.05) is 13.1 Å². The van der Waals surface area contributed by atoms with Crippen LogP contribution in [0.1, 0.15) is 49.3 Å². The van der Waals surface area contributed by atoms with E-state index in [0.29, 0.717) is 18.2 Å². The van der Waals surface area contributed by atoms with Gasteiger partial charge in [0.2, 0.25) is 0 Å². The van der Waals surface area contributed by atoms with Crippen LogP contribution < -0.4 is 4.74 Å². The van der Waals surface area contributed by atoms with Crippen molar-refractivity contribution >= 4 is 5.91 Å². The summed E-state index contributed by atoms with van der Waals surface area (Å²) in [5, 5.41) is 4.70. The van der Waals surface area contributed by atoms with Gasteiger partial charge < -0.3 is 9.64 Å². The number of carbonyl (C=O) groups is 1. The summed E-state index contributed by atoms with van der Waals surface area (Å²) in [5.41, 5.74) is 1.32. The van der Waals surface area contributed by atoms with Crippen LogP contribution >= 0.6 is 0 Å². The highest BCUT2D eigenvalue weighted by molar-refractivity contribution is 5.93. The van der Waals surface area contributed by atoms with E-state index in [-0.39, 0.29) is 11.4 Å². The Kier molecular flexibility index (Phi) is 4.02. The lowest BCUT2D eigenvalue weighted by Crippen LogP contribution is -2.33. The molecule has 0 atom stereocenters. The van der Waals surface area contributed by atoms with Crippen LogP contribution in [-0.4, -0.2) is 33.7 Å². The smallest absolute Gasteiger partial charge is 0.272 e. The molecule has 1 aromatic carbocycles. The molecule has 1 amide bonds. The van der Waals surface area contributed by atoms with Crippen molar-refractivity contribution in [2.45, 2.75) is 45.3 Å². The third kappa shape index (κ3) is 3.41. The van der Waals surface area contributed by atoms with Gasteiger partial charge in [-0.05, 0) is 57.2 Å². The number of ether oxygens (including phenoxy) is 1. The summed E-state index contributed by atoms with van der Waals surface area (Å²) in [4.78, 5) is 15.0. The third-order valence-corrected chi connectivity index (χ3v) is 5.14. The maximum Gasteiger partial charge on any atom is 0.272 e. The van der Waals surface area contributed by atoms with Gasteiger partial charge in [-0.15, -0.1) is 0 Å². The number of aromatic nitrogens is 2. The van der Waals surface area contributed by atoms with Crippen LogP contribution in [0.4, 0.5) is 0 Å². The Labute approximate surface area is 148 Å². The van der Waals surface area contributed by atoms with Crippen molar-refractivity contribution in [2.75, 3.05) is 13.1 Å². The Morgan fingerprint density at radius 1 is 1.24 bits per heavy atom. The summed E-state index contributed by atoms with van der Waals surface area (Å²) < 4.78 is 7.71. The minimum atomic E-state index is -0.172. The molecule has 1 fully saturated rings. The van der Waals surface area contributed by atoms with E-state index in [2.05, 4.69) is 13.8 Å². The first kappa shape index (κ1) is 16.2. The molecule has 2 heterocycles. The van der Waals surface area contributed by atoms with Crippen molar-refractivity contribution in [3.63, 3.8) is 0 Å². The number of nitrogens with zero attached hydrogens (tertiary/aromatic N) is 3. The molecule has 0 bridgehead atoms. The Hall–Kier alpha value is -2.30. The van der Waals surface area contributed by atoms with Crippen molar-refractivity contribution < 1.29 is 9.53 Å². The molecule has 1 aromatic heterocycles. The quantitative estimate of drug-likeness (QED) is 0.838. The highest BCUT2D eigenvalue weighted by atomic mass is 16.5. The minimum Gasteiger partial charge on any atom is -0.487 e. The highest BCUT2D eigenvalue weighted by Crippen LogP contribution is 2.33. The summed E-state index contributed by atoms with van der Waals surface area (Å²) >= 11 is 0. The average molecular weight is 339 g/mol. The molecule has 2 aromatic rings. The van der Waals surface area contributed by atoms with Crippen molar-refractivity contribution in [1.82, 2.24) is 14.7 Å². The molecule has 0 spiro atoms. The van der Waals surface area contributed by atoms with Gasteiger partial charge in [0.15, 0.2) is 0 Å². The lowest BCUT2D eigenvalue weighted by atomic mass is 10.0. The van der Waals surface area contributed by atoms with E-state index >= 15 is 0 Å². The van der Waals surface area contributed by atoms with Gasteiger partial charge in [-0.1, -0.05) is 18.2 Å². The van der Waals surface area contributed by atoms with Crippen molar-refractivity contribution in [1.29, 1.82) is 0 Å². The first-order chi connectivity index (χ1) is 12.0. The van der Waals surface area contributed by atoms with Crippen LogP contribution in [-0.2, 0) is 12.1 Å². The molecule has 1 saturated carbocycles. The van der Waals surface area contributed by atoms with Crippen molar-refractivity contribution in [2.24, 2.45) is 5.92 Å². The van der Waals surface area contributed by atoms with Gasteiger partial charge in [0.05, 0.1) is 5.54 Å². The largest absolute Gasteiger partial charge is 0.487 e. The number of rotatable bonds is 5. The second-order valence-electron chi connectivity index (χ2n) is 7.79. The molecule has 1 aliphatic carbocycles. The van der Waals surface area contributed by atoms with E-state index in [9.17, 15) is 4.79 Å². The molecule has 4 rings (SSSR count). The monoisotopic (exact) mass is 339 g/mol. The molecule has 132 valence electrons. The number of amides is 1. The fourth-order valence-corrected chi connectivity index (χ4v) is 3.35. The summed E-state index contributed by atoms with van der Waals surface area (Å²) in [6.07, 6.45) is 3.42. The van der Waals surface area contributed by atoms with E-state index in [1.807, 2.05) is 46.0 Å². The number of hydrogen-bond donors (Lipinski definition) is 0. The van der Waals surface area contributed by atoms with E-state index in [1.54, 1.807) is 0 Å². The van der Waals surface area contributed by atoms with Crippen LogP contribution in [0.25, 0.3) is 0 Å². The molecule has 0 N–H and O–H groups in total. The zero-order valence-corrected chi connectivity index (χ0v) is 14.9.